The third-order valence-electron chi connectivity index (χ3n) is 4.30. The van der Waals surface area contributed by atoms with Gasteiger partial charge in [0.15, 0.2) is 0 Å². The third kappa shape index (κ3) is 3.76. The van der Waals surface area contributed by atoms with Crippen LogP contribution in [0.15, 0.2) is 52.3 Å². The summed E-state index contributed by atoms with van der Waals surface area (Å²) in [5, 5.41) is 0. The van der Waals surface area contributed by atoms with Crippen LogP contribution in [0.2, 0.25) is 0 Å². The second-order valence-corrected chi connectivity index (χ2v) is 7.59. The van der Waals surface area contributed by atoms with Crippen molar-refractivity contribution in [1.29, 1.82) is 0 Å². The van der Waals surface area contributed by atoms with Crippen LogP contribution in [0.4, 0.5) is 11.4 Å². The van der Waals surface area contributed by atoms with Crippen molar-refractivity contribution in [2.75, 3.05) is 11.4 Å². The highest BCUT2D eigenvalue weighted by Gasteiger charge is 2.27. The van der Waals surface area contributed by atoms with E-state index in [1.807, 2.05) is 42.5 Å². The molecule has 0 fully saturated rings. The average Bonchev–Trinajstić information content (AvgIpc) is 2.63. The van der Waals surface area contributed by atoms with Gasteiger partial charge in [-0.3, -0.25) is 4.79 Å². The lowest BCUT2D eigenvalue weighted by atomic mass is 10.1. The van der Waals surface area contributed by atoms with Crippen LogP contribution in [-0.4, -0.2) is 16.7 Å². The Morgan fingerprint density at radius 2 is 1.84 bits per heavy atom. The molecule has 0 spiro atoms. The number of carbonyl (C=O) groups excluding carboxylic acids is 1. The van der Waals surface area contributed by atoms with Gasteiger partial charge in [0.05, 0.1) is 32.0 Å². The average molecular weight is 357 g/mol. The summed E-state index contributed by atoms with van der Waals surface area (Å²) in [5.41, 5.74) is 2.87. The van der Waals surface area contributed by atoms with E-state index in [2.05, 4.69) is 11.8 Å². The van der Waals surface area contributed by atoms with Gasteiger partial charge in [-0.1, -0.05) is 38.0 Å². The molecule has 0 aliphatic carbocycles. The Kier molecular flexibility index (Phi) is 5.53. The Balaban J connectivity index is 1.98. The zero-order valence-electron chi connectivity index (χ0n) is 14.7. The fourth-order valence-electron chi connectivity index (χ4n) is 3.05. The van der Waals surface area contributed by atoms with E-state index < -0.39 is 10.8 Å². The van der Waals surface area contributed by atoms with Crippen molar-refractivity contribution < 1.29 is 13.7 Å². The Labute approximate surface area is 151 Å². The number of anilines is 2. The molecule has 1 aliphatic rings. The molecule has 0 radical (unpaired) electrons. The number of unbranched alkanes of at least 4 members (excludes halogenated alkanes) is 2. The van der Waals surface area contributed by atoms with E-state index in [-0.39, 0.29) is 12.6 Å². The molecule has 4 nitrogen and oxygen atoms in total. The van der Waals surface area contributed by atoms with Crippen molar-refractivity contribution >= 4 is 28.1 Å². The molecule has 2 aromatic rings. The number of nitrogens with zero attached hydrogens (tertiary/aromatic N) is 1. The lowest BCUT2D eigenvalue weighted by Gasteiger charge is -2.33. The van der Waals surface area contributed by atoms with Gasteiger partial charge in [0, 0.05) is 13.5 Å². The SMILES string of the molecule is CCCCCN1c2ccccc2S(=O)c2cc(COC(C)=O)ccc21. The van der Waals surface area contributed by atoms with Gasteiger partial charge < -0.3 is 9.64 Å². The van der Waals surface area contributed by atoms with Crippen molar-refractivity contribution in [2.45, 2.75) is 49.5 Å². The maximum atomic E-state index is 13.1. The molecule has 2 aromatic carbocycles. The molecule has 1 aliphatic heterocycles. The minimum Gasteiger partial charge on any atom is -0.461 e. The van der Waals surface area contributed by atoms with E-state index in [1.54, 1.807) is 0 Å². The predicted octanol–water partition coefficient (Wildman–Crippen LogP) is 4.56. The van der Waals surface area contributed by atoms with E-state index in [4.69, 9.17) is 4.74 Å². The maximum absolute atomic E-state index is 13.1. The van der Waals surface area contributed by atoms with Crippen LogP contribution in [0.25, 0.3) is 0 Å². The lowest BCUT2D eigenvalue weighted by Crippen LogP contribution is -2.25. The topological polar surface area (TPSA) is 46.6 Å². The van der Waals surface area contributed by atoms with E-state index in [0.717, 1.165) is 46.1 Å². The Morgan fingerprint density at radius 3 is 2.60 bits per heavy atom. The van der Waals surface area contributed by atoms with Gasteiger partial charge >= 0.3 is 5.97 Å². The fraction of sp³-hybridized carbons (Fsp3) is 0.350. The Bertz CT molecular complexity index is 803. The van der Waals surface area contributed by atoms with Crippen LogP contribution in [0.3, 0.4) is 0 Å². The van der Waals surface area contributed by atoms with Gasteiger partial charge in [0.1, 0.15) is 6.61 Å². The molecule has 1 unspecified atom stereocenters. The summed E-state index contributed by atoms with van der Waals surface area (Å²) in [6.45, 7) is 4.69. The second kappa shape index (κ2) is 7.83. The molecule has 5 heteroatoms. The summed E-state index contributed by atoms with van der Waals surface area (Å²) in [7, 11) is -1.22. The van der Waals surface area contributed by atoms with E-state index in [1.165, 1.54) is 13.3 Å². The third-order valence-corrected chi connectivity index (χ3v) is 5.77. The molecule has 3 rings (SSSR count). The fourth-order valence-corrected chi connectivity index (χ4v) is 4.48. The molecule has 0 saturated carbocycles. The first-order valence-electron chi connectivity index (χ1n) is 8.66. The number of para-hydroxylation sites is 1. The van der Waals surface area contributed by atoms with Crippen molar-refractivity contribution in [3.63, 3.8) is 0 Å². The molecule has 132 valence electrons. The second-order valence-electron chi connectivity index (χ2n) is 6.18. The minimum atomic E-state index is -1.22. The minimum absolute atomic E-state index is 0.206. The zero-order valence-corrected chi connectivity index (χ0v) is 15.5. The first-order valence-corrected chi connectivity index (χ1v) is 9.81. The smallest absolute Gasteiger partial charge is 0.302 e. The quantitative estimate of drug-likeness (QED) is 0.562. The number of fused-ring (bicyclic) bond motifs is 2. The molecule has 0 N–H and O–H groups in total. The summed E-state index contributed by atoms with van der Waals surface area (Å²) in [6, 6.07) is 13.7. The standard InChI is InChI=1S/C20H23NO3S/c1-3-4-7-12-21-17-8-5-6-9-19(17)25(23)20-13-16(10-11-18(20)21)14-24-15(2)22/h5-6,8-11,13H,3-4,7,12,14H2,1-2H3. The van der Waals surface area contributed by atoms with Gasteiger partial charge in [-0.05, 0) is 36.2 Å². The molecule has 0 bridgehead atoms. The highest BCUT2D eigenvalue weighted by Crippen LogP contribution is 2.42. The molecule has 0 amide bonds. The van der Waals surface area contributed by atoms with E-state index >= 15 is 0 Å². The van der Waals surface area contributed by atoms with E-state index in [0.29, 0.717) is 0 Å². The maximum Gasteiger partial charge on any atom is 0.302 e. The predicted molar refractivity (Wildman–Crippen MR) is 99.6 cm³/mol. The van der Waals surface area contributed by atoms with Crippen LogP contribution in [0, 0.1) is 0 Å². The molecular weight excluding hydrogens is 334 g/mol. The summed E-state index contributed by atoms with van der Waals surface area (Å²) >= 11 is 0. The summed E-state index contributed by atoms with van der Waals surface area (Å²) in [6.07, 6.45) is 3.42. The number of ether oxygens (including phenoxy) is 1. The summed E-state index contributed by atoms with van der Waals surface area (Å²) in [5.74, 6) is -0.314. The molecule has 0 saturated heterocycles. The van der Waals surface area contributed by atoms with Gasteiger partial charge in [-0.25, -0.2) is 4.21 Å². The number of hydrogen-bond donors (Lipinski definition) is 0. The molecule has 0 aromatic heterocycles. The van der Waals surface area contributed by atoms with Crippen LogP contribution >= 0.6 is 0 Å². The normalized spacial score (nSPS) is 15.4. The van der Waals surface area contributed by atoms with Gasteiger partial charge in [0.25, 0.3) is 0 Å². The number of benzene rings is 2. The first-order chi connectivity index (χ1) is 12.1. The van der Waals surface area contributed by atoms with Crippen molar-refractivity contribution in [3.05, 3.63) is 48.0 Å². The Morgan fingerprint density at radius 1 is 1.08 bits per heavy atom. The zero-order chi connectivity index (χ0) is 17.8. The van der Waals surface area contributed by atoms with Gasteiger partial charge in [0.2, 0.25) is 0 Å². The summed E-state index contributed by atoms with van der Waals surface area (Å²) in [4.78, 5) is 14.9. The highest BCUT2D eigenvalue weighted by molar-refractivity contribution is 7.85. The van der Waals surface area contributed by atoms with E-state index in [9.17, 15) is 9.00 Å². The van der Waals surface area contributed by atoms with Crippen LogP contribution in [0.1, 0.15) is 38.7 Å². The van der Waals surface area contributed by atoms with Crippen LogP contribution < -0.4 is 4.90 Å². The molecule has 25 heavy (non-hydrogen) atoms. The largest absolute Gasteiger partial charge is 0.461 e. The highest BCUT2D eigenvalue weighted by atomic mass is 32.2. The van der Waals surface area contributed by atoms with Crippen molar-refractivity contribution in [1.82, 2.24) is 0 Å². The number of rotatable bonds is 6. The van der Waals surface area contributed by atoms with Gasteiger partial charge in [-0.15, -0.1) is 0 Å². The van der Waals surface area contributed by atoms with Crippen molar-refractivity contribution in [2.24, 2.45) is 0 Å². The lowest BCUT2D eigenvalue weighted by molar-refractivity contribution is -0.142. The number of esters is 1. The monoisotopic (exact) mass is 357 g/mol. The molecule has 1 atom stereocenters. The molecular formula is C20H23NO3S. The van der Waals surface area contributed by atoms with Crippen LogP contribution in [0.5, 0.6) is 0 Å². The Hall–Kier alpha value is -2.14. The first kappa shape index (κ1) is 17.7. The van der Waals surface area contributed by atoms with Gasteiger partial charge in [-0.2, -0.15) is 0 Å². The number of hydrogen-bond acceptors (Lipinski definition) is 4. The van der Waals surface area contributed by atoms with Crippen LogP contribution in [-0.2, 0) is 26.9 Å². The molecule has 1 heterocycles. The summed E-state index contributed by atoms with van der Waals surface area (Å²) < 4.78 is 18.1. The van der Waals surface area contributed by atoms with Crippen molar-refractivity contribution in [3.8, 4) is 0 Å². The number of carbonyl (C=O) groups is 1.